The van der Waals surface area contributed by atoms with Crippen molar-refractivity contribution in [1.29, 1.82) is 0 Å². The summed E-state index contributed by atoms with van der Waals surface area (Å²) in [5, 5.41) is 2.74. The van der Waals surface area contributed by atoms with Gasteiger partial charge in [-0.2, -0.15) is 0 Å². The van der Waals surface area contributed by atoms with E-state index in [0.29, 0.717) is 6.54 Å². The van der Waals surface area contributed by atoms with Crippen molar-refractivity contribution in [2.45, 2.75) is 46.8 Å². The van der Waals surface area contributed by atoms with Crippen molar-refractivity contribution in [3.8, 4) is 0 Å². The number of ether oxygens (including phenoxy) is 1. The molecule has 0 aliphatic rings. The highest BCUT2D eigenvalue weighted by Crippen LogP contribution is 2.14. The molecule has 0 spiro atoms. The maximum absolute atomic E-state index is 11.6. The van der Waals surface area contributed by atoms with Crippen molar-refractivity contribution in [2.75, 3.05) is 18.5 Å². The summed E-state index contributed by atoms with van der Waals surface area (Å²) >= 11 is 0. The Labute approximate surface area is 121 Å². The van der Waals surface area contributed by atoms with Crippen LogP contribution in [0.2, 0.25) is 0 Å². The van der Waals surface area contributed by atoms with E-state index in [4.69, 9.17) is 4.74 Å². The molecule has 0 fully saturated rings. The molecule has 1 rings (SSSR count). The third-order valence-corrected chi connectivity index (χ3v) is 2.87. The number of hydrogen-bond donors (Lipinski definition) is 1. The summed E-state index contributed by atoms with van der Waals surface area (Å²) in [7, 11) is 2.00. The average Bonchev–Trinajstić information content (AvgIpc) is 2.34. The minimum absolute atomic E-state index is 0.411. The number of hydrogen-bond acceptors (Lipinski definition) is 4. The molecule has 0 bridgehead atoms. The number of nitrogens with zero attached hydrogens (tertiary/aromatic N) is 2. The monoisotopic (exact) mass is 279 g/mol. The minimum atomic E-state index is -0.481. The van der Waals surface area contributed by atoms with E-state index >= 15 is 0 Å². The van der Waals surface area contributed by atoms with Gasteiger partial charge in [0.1, 0.15) is 11.4 Å². The van der Waals surface area contributed by atoms with E-state index in [9.17, 15) is 4.79 Å². The first-order chi connectivity index (χ1) is 9.23. The summed E-state index contributed by atoms with van der Waals surface area (Å²) in [6.45, 7) is 10.9. The Bertz CT molecular complexity index is 467. The smallest absolute Gasteiger partial charge is 0.407 e. The number of carbonyl (C=O) groups excluding carboxylic acids is 1. The van der Waals surface area contributed by atoms with Crippen LogP contribution >= 0.6 is 0 Å². The fourth-order valence-corrected chi connectivity index (χ4v) is 1.62. The molecule has 1 aromatic rings. The van der Waals surface area contributed by atoms with Gasteiger partial charge in [-0.1, -0.05) is 6.07 Å². The molecular weight excluding hydrogens is 254 g/mol. The molecule has 1 aromatic heterocycles. The highest BCUT2D eigenvalue weighted by atomic mass is 16.6. The van der Waals surface area contributed by atoms with Gasteiger partial charge in [0.05, 0.1) is 0 Å². The van der Waals surface area contributed by atoms with E-state index in [-0.39, 0.29) is 0 Å². The molecule has 112 valence electrons. The highest BCUT2D eigenvalue weighted by Gasteiger charge is 2.16. The zero-order valence-corrected chi connectivity index (χ0v) is 13.3. The Morgan fingerprint density at radius 2 is 2.05 bits per heavy atom. The van der Waals surface area contributed by atoms with Gasteiger partial charge in [-0.25, -0.2) is 9.78 Å². The number of rotatable bonds is 4. The number of alkyl carbamates (subject to hydrolysis) is 1. The van der Waals surface area contributed by atoms with Gasteiger partial charge < -0.3 is 15.0 Å². The molecule has 0 saturated heterocycles. The Morgan fingerprint density at radius 3 is 2.55 bits per heavy atom. The number of pyridine rings is 1. The van der Waals surface area contributed by atoms with Gasteiger partial charge in [-0.15, -0.1) is 0 Å². The van der Waals surface area contributed by atoms with Crippen molar-refractivity contribution in [2.24, 2.45) is 0 Å². The maximum atomic E-state index is 11.6. The van der Waals surface area contributed by atoms with Crippen molar-refractivity contribution < 1.29 is 9.53 Å². The van der Waals surface area contributed by atoms with E-state index in [1.165, 1.54) is 0 Å². The topological polar surface area (TPSA) is 54.5 Å². The van der Waals surface area contributed by atoms with Crippen LogP contribution < -0.4 is 10.2 Å². The Balaban J connectivity index is 2.63. The zero-order valence-electron chi connectivity index (χ0n) is 13.3. The number of nitrogens with one attached hydrogen (secondary N) is 1. The summed E-state index contributed by atoms with van der Waals surface area (Å²) in [5.74, 6) is 0.936. The van der Waals surface area contributed by atoms with Gasteiger partial charge in [0.25, 0.3) is 0 Å². The second-order valence-electron chi connectivity index (χ2n) is 5.78. The second-order valence-corrected chi connectivity index (χ2v) is 5.78. The Morgan fingerprint density at radius 1 is 1.40 bits per heavy atom. The molecular formula is C15H25N3O2. The summed E-state index contributed by atoms with van der Waals surface area (Å²) in [5.41, 5.74) is 1.42. The van der Waals surface area contributed by atoms with E-state index in [0.717, 1.165) is 23.6 Å². The predicted molar refractivity (Wildman–Crippen MR) is 81.0 cm³/mol. The molecule has 1 heterocycles. The number of anilines is 1. The first-order valence-electron chi connectivity index (χ1n) is 6.87. The summed E-state index contributed by atoms with van der Waals surface area (Å²) in [4.78, 5) is 18.2. The number of aryl methyl sites for hydroxylation is 1. The van der Waals surface area contributed by atoms with Crippen LogP contribution in [0.4, 0.5) is 10.6 Å². The molecule has 5 heteroatoms. The molecule has 0 aromatic carbocycles. The van der Waals surface area contributed by atoms with Crippen LogP contribution in [0.5, 0.6) is 0 Å². The van der Waals surface area contributed by atoms with E-state index in [2.05, 4.69) is 22.1 Å². The number of carbonyl (C=O) groups is 1. The first kappa shape index (κ1) is 16.3. The SMILES string of the molecule is CCN(C)c1ccc(CNC(=O)OC(C)(C)C)c(C)n1. The van der Waals surface area contributed by atoms with Crippen molar-refractivity contribution in [3.63, 3.8) is 0 Å². The lowest BCUT2D eigenvalue weighted by molar-refractivity contribution is 0.0523. The van der Waals surface area contributed by atoms with E-state index in [1.807, 2.05) is 46.9 Å². The minimum Gasteiger partial charge on any atom is -0.444 e. The lowest BCUT2D eigenvalue weighted by atomic mass is 10.2. The van der Waals surface area contributed by atoms with Gasteiger partial charge in [-0.3, -0.25) is 0 Å². The fourth-order valence-electron chi connectivity index (χ4n) is 1.62. The van der Waals surface area contributed by atoms with Crippen LogP contribution in [0.15, 0.2) is 12.1 Å². The third-order valence-electron chi connectivity index (χ3n) is 2.87. The molecule has 0 saturated carbocycles. The molecule has 1 N–H and O–H groups in total. The largest absolute Gasteiger partial charge is 0.444 e. The molecule has 0 unspecified atom stereocenters. The van der Waals surface area contributed by atoms with Crippen LogP contribution in [0.1, 0.15) is 39.0 Å². The highest BCUT2D eigenvalue weighted by molar-refractivity contribution is 5.67. The summed E-state index contributed by atoms with van der Waals surface area (Å²) in [6, 6.07) is 3.95. The van der Waals surface area contributed by atoms with Crippen LogP contribution in [-0.4, -0.2) is 30.3 Å². The van der Waals surface area contributed by atoms with E-state index < -0.39 is 11.7 Å². The second kappa shape index (κ2) is 6.59. The van der Waals surface area contributed by atoms with Gasteiger partial charge in [0.15, 0.2) is 0 Å². The first-order valence-corrected chi connectivity index (χ1v) is 6.87. The van der Waals surface area contributed by atoms with Crippen molar-refractivity contribution in [1.82, 2.24) is 10.3 Å². The van der Waals surface area contributed by atoms with E-state index in [1.54, 1.807) is 0 Å². The molecule has 20 heavy (non-hydrogen) atoms. The van der Waals surface area contributed by atoms with Crippen LogP contribution in [0, 0.1) is 6.92 Å². The van der Waals surface area contributed by atoms with Crippen LogP contribution in [0.3, 0.4) is 0 Å². The fraction of sp³-hybridized carbons (Fsp3) is 0.600. The van der Waals surface area contributed by atoms with Gasteiger partial charge in [0.2, 0.25) is 0 Å². The Kier molecular flexibility index (Phi) is 5.36. The van der Waals surface area contributed by atoms with Gasteiger partial charge >= 0.3 is 6.09 Å². The summed E-state index contributed by atoms with van der Waals surface area (Å²) in [6.07, 6.45) is -0.411. The van der Waals surface area contributed by atoms with Gasteiger partial charge in [-0.05, 0) is 46.2 Å². The molecule has 0 atom stereocenters. The zero-order chi connectivity index (χ0) is 15.3. The van der Waals surface area contributed by atoms with Crippen LogP contribution in [-0.2, 0) is 11.3 Å². The number of amides is 1. The lowest BCUT2D eigenvalue weighted by Gasteiger charge is -2.20. The molecule has 1 amide bonds. The molecule has 5 nitrogen and oxygen atoms in total. The van der Waals surface area contributed by atoms with Gasteiger partial charge in [0, 0.05) is 25.8 Å². The standard InChI is InChI=1S/C15H25N3O2/c1-7-18(6)13-9-8-12(11(2)17-13)10-16-14(19)20-15(3,4)5/h8-9H,7,10H2,1-6H3,(H,16,19). The van der Waals surface area contributed by atoms with Crippen LogP contribution in [0.25, 0.3) is 0 Å². The molecule has 0 aliphatic carbocycles. The average molecular weight is 279 g/mol. The molecule has 0 aliphatic heterocycles. The van der Waals surface area contributed by atoms with Crippen molar-refractivity contribution in [3.05, 3.63) is 23.4 Å². The maximum Gasteiger partial charge on any atom is 0.407 e. The normalized spacial score (nSPS) is 11.1. The molecule has 0 radical (unpaired) electrons. The lowest BCUT2D eigenvalue weighted by Crippen LogP contribution is -2.32. The summed E-state index contributed by atoms with van der Waals surface area (Å²) < 4.78 is 5.20. The number of aromatic nitrogens is 1. The van der Waals surface area contributed by atoms with Crippen molar-refractivity contribution >= 4 is 11.9 Å². The predicted octanol–water partition coefficient (Wildman–Crippen LogP) is 2.87. The Hall–Kier alpha value is -1.78. The third kappa shape index (κ3) is 5.07. The quantitative estimate of drug-likeness (QED) is 0.920.